The molecule has 4 rings (SSSR count). The van der Waals surface area contributed by atoms with E-state index in [4.69, 9.17) is 17.2 Å². The Morgan fingerprint density at radius 2 is 1.07 bits per heavy atom. The van der Waals surface area contributed by atoms with Crippen LogP contribution in [0.1, 0.15) is 11.1 Å². The third-order valence-corrected chi connectivity index (χ3v) is 4.79. The van der Waals surface area contributed by atoms with Crippen LogP contribution in [0, 0.1) is 0 Å². The summed E-state index contributed by atoms with van der Waals surface area (Å²) in [6.45, 7) is 0.480. The fourth-order valence-electron chi connectivity index (χ4n) is 3.18. The zero-order valence-corrected chi connectivity index (χ0v) is 17.0. The highest BCUT2D eigenvalue weighted by Crippen LogP contribution is 2.23. The molecule has 6 N–H and O–H groups in total. The Kier molecular flexibility index (Phi) is 7.47. The third-order valence-electron chi connectivity index (χ3n) is 4.79. The molecular weight excluding hydrogens is 368 g/mol. The number of nitrogens with two attached hydrogens (primary N) is 3. The van der Waals surface area contributed by atoms with Gasteiger partial charge >= 0.3 is 0 Å². The van der Waals surface area contributed by atoms with Crippen LogP contribution in [0.2, 0.25) is 0 Å². The van der Waals surface area contributed by atoms with Gasteiger partial charge in [0.15, 0.2) is 0 Å². The zero-order valence-electron chi connectivity index (χ0n) is 17.0. The van der Waals surface area contributed by atoms with Crippen molar-refractivity contribution in [3.8, 4) is 0 Å². The minimum Gasteiger partial charge on any atom is -0.397 e. The number of rotatable bonds is 5. The fraction of sp³-hybridized carbons (Fsp3) is 0.0769. The van der Waals surface area contributed by atoms with Crippen LogP contribution >= 0.6 is 0 Å². The molecule has 4 aromatic rings. The normalized spacial score (nSPS) is 10.0. The van der Waals surface area contributed by atoms with Gasteiger partial charge < -0.3 is 22.1 Å². The lowest BCUT2D eigenvalue weighted by Crippen LogP contribution is -2.24. The summed E-state index contributed by atoms with van der Waals surface area (Å²) in [5.74, 6) is 0. The van der Waals surface area contributed by atoms with Crippen LogP contribution in [0.5, 0.6) is 0 Å². The predicted octanol–water partition coefficient (Wildman–Crippen LogP) is 5.18. The maximum atomic E-state index is 5.91. The average molecular weight is 397 g/mol. The van der Waals surface area contributed by atoms with Gasteiger partial charge in [0.25, 0.3) is 0 Å². The van der Waals surface area contributed by atoms with Gasteiger partial charge in [0.1, 0.15) is 0 Å². The molecule has 0 unspecified atom stereocenters. The standard InChI is InChI=1S/2C13H14N2/c14-11-15(12-7-3-1-4-8-12)13-9-5-2-6-10-13;14-12-8-4-7-11(13(12)15)9-10-5-2-1-3-6-10/h1-10H,11,14H2;1-8H,9,14-15H2. The van der Waals surface area contributed by atoms with E-state index in [1.165, 1.54) is 5.56 Å². The van der Waals surface area contributed by atoms with Crippen LogP contribution in [0.25, 0.3) is 0 Å². The largest absolute Gasteiger partial charge is 0.397 e. The Morgan fingerprint density at radius 1 is 0.567 bits per heavy atom. The Hall–Kier alpha value is -3.76. The zero-order chi connectivity index (χ0) is 21.2. The predicted molar refractivity (Wildman–Crippen MR) is 129 cm³/mol. The average Bonchev–Trinajstić information content (AvgIpc) is 2.80. The van der Waals surface area contributed by atoms with Gasteiger partial charge in [-0.1, -0.05) is 78.9 Å². The number of hydrogen-bond acceptors (Lipinski definition) is 4. The minimum absolute atomic E-state index is 0.480. The van der Waals surface area contributed by atoms with Gasteiger partial charge in [0.2, 0.25) is 0 Å². The summed E-state index contributed by atoms with van der Waals surface area (Å²) in [5, 5.41) is 0. The highest BCUT2D eigenvalue weighted by atomic mass is 15.2. The highest BCUT2D eigenvalue weighted by molar-refractivity contribution is 5.67. The Balaban J connectivity index is 0.000000171. The molecule has 0 spiro atoms. The molecule has 0 radical (unpaired) electrons. The molecule has 0 saturated carbocycles. The van der Waals surface area contributed by atoms with Crippen LogP contribution < -0.4 is 22.1 Å². The van der Waals surface area contributed by atoms with E-state index < -0.39 is 0 Å². The van der Waals surface area contributed by atoms with Crippen molar-refractivity contribution >= 4 is 22.7 Å². The molecule has 0 saturated heterocycles. The van der Waals surface area contributed by atoms with Crippen LogP contribution in [-0.2, 0) is 6.42 Å². The molecule has 0 bridgehead atoms. The van der Waals surface area contributed by atoms with E-state index in [1.807, 2.05) is 72.8 Å². The molecular formula is C26H28N4. The lowest BCUT2D eigenvalue weighted by Gasteiger charge is -2.22. The van der Waals surface area contributed by atoms with Crippen molar-refractivity contribution in [2.45, 2.75) is 6.42 Å². The van der Waals surface area contributed by atoms with Crippen LogP contribution in [0.15, 0.2) is 109 Å². The summed E-state index contributed by atoms with van der Waals surface area (Å²) >= 11 is 0. The van der Waals surface area contributed by atoms with E-state index in [9.17, 15) is 0 Å². The first kappa shape index (κ1) is 21.0. The van der Waals surface area contributed by atoms with Crippen molar-refractivity contribution < 1.29 is 0 Å². The molecule has 0 aliphatic heterocycles. The summed E-state index contributed by atoms with van der Waals surface area (Å²) in [7, 11) is 0. The molecule has 0 fully saturated rings. The van der Waals surface area contributed by atoms with Crippen LogP contribution in [-0.4, -0.2) is 6.67 Å². The second-order valence-electron chi connectivity index (χ2n) is 6.86. The summed E-state index contributed by atoms with van der Waals surface area (Å²) in [5.41, 5.74) is 23.3. The molecule has 4 nitrogen and oxygen atoms in total. The SMILES string of the molecule is NCN(c1ccccc1)c1ccccc1.Nc1cccc(Cc2ccccc2)c1N. The number of para-hydroxylation sites is 3. The second kappa shape index (κ2) is 10.7. The fourth-order valence-corrected chi connectivity index (χ4v) is 3.18. The molecule has 0 heterocycles. The van der Waals surface area contributed by atoms with Gasteiger partial charge in [-0.3, -0.25) is 0 Å². The molecule has 0 aliphatic rings. The molecule has 0 aliphatic carbocycles. The van der Waals surface area contributed by atoms with Gasteiger partial charge in [-0.25, -0.2) is 0 Å². The first-order valence-corrected chi connectivity index (χ1v) is 9.93. The van der Waals surface area contributed by atoms with Crippen molar-refractivity contribution in [1.82, 2.24) is 0 Å². The number of hydrogen-bond donors (Lipinski definition) is 3. The summed E-state index contributed by atoms with van der Waals surface area (Å²) in [6, 6.07) is 36.3. The third kappa shape index (κ3) is 5.63. The number of benzene rings is 4. The van der Waals surface area contributed by atoms with Gasteiger partial charge in [-0.05, 0) is 47.9 Å². The summed E-state index contributed by atoms with van der Waals surface area (Å²) in [4.78, 5) is 2.07. The highest BCUT2D eigenvalue weighted by Gasteiger charge is 2.05. The summed E-state index contributed by atoms with van der Waals surface area (Å²) < 4.78 is 0. The molecule has 30 heavy (non-hydrogen) atoms. The van der Waals surface area contributed by atoms with E-state index in [1.54, 1.807) is 0 Å². The van der Waals surface area contributed by atoms with Crippen molar-refractivity contribution in [2.24, 2.45) is 5.73 Å². The smallest absolute Gasteiger partial charge is 0.0706 e. The Labute approximate surface area is 178 Å². The lowest BCUT2D eigenvalue weighted by atomic mass is 10.0. The topological polar surface area (TPSA) is 81.3 Å². The quantitative estimate of drug-likeness (QED) is 0.321. The van der Waals surface area contributed by atoms with E-state index >= 15 is 0 Å². The lowest BCUT2D eigenvalue weighted by molar-refractivity contribution is 0.983. The first-order chi connectivity index (χ1) is 14.7. The second-order valence-corrected chi connectivity index (χ2v) is 6.86. The number of nitrogen functional groups attached to an aromatic ring is 2. The van der Waals surface area contributed by atoms with Gasteiger partial charge in [-0.2, -0.15) is 0 Å². The van der Waals surface area contributed by atoms with Gasteiger partial charge in [0.05, 0.1) is 18.0 Å². The molecule has 0 atom stereocenters. The number of nitrogens with zero attached hydrogens (tertiary/aromatic N) is 1. The maximum absolute atomic E-state index is 5.91. The minimum atomic E-state index is 0.480. The molecule has 4 aromatic carbocycles. The van der Waals surface area contributed by atoms with E-state index in [2.05, 4.69) is 41.3 Å². The maximum Gasteiger partial charge on any atom is 0.0706 e. The van der Waals surface area contributed by atoms with E-state index in [0.29, 0.717) is 18.0 Å². The Bertz CT molecular complexity index is 979. The van der Waals surface area contributed by atoms with Gasteiger partial charge in [-0.15, -0.1) is 0 Å². The number of anilines is 4. The van der Waals surface area contributed by atoms with Crippen LogP contribution in [0.4, 0.5) is 22.7 Å². The van der Waals surface area contributed by atoms with Crippen molar-refractivity contribution in [1.29, 1.82) is 0 Å². The van der Waals surface area contributed by atoms with E-state index in [-0.39, 0.29) is 0 Å². The molecule has 4 heteroatoms. The Morgan fingerprint density at radius 3 is 1.57 bits per heavy atom. The van der Waals surface area contributed by atoms with Crippen molar-refractivity contribution in [3.05, 3.63) is 120 Å². The summed E-state index contributed by atoms with van der Waals surface area (Å²) in [6.07, 6.45) is 0.831. The van der Waals surface area contributed by atoms with Crippen LogP contribution in [0.3, 0.4) is 0 Å². The first-order valence-electron chi connectivity index (χ1n) is 9.93. The molecule has 152 valence electrons. The molecule has 0 amide bonds. The molecule has 0 aromatic heterocycles. The van der Waals surface area contributed by atoms with E-state index in [0.717, 1.165) is 23.4 Å². The monoisotopic (exact) mass is 396 g/mol. The van der Waals surface area contributed by atoms with Gasteiger partial charge in [0, 0.05) is 11.4 Å². The van der Waals surface area contributed by atoms with Crippen molar-refractivity contribution in [2.75, 3.05) is 23.0 Å². The van der Waals surface area contributed by atoms with Crippen molar-refractivity contribution in [3.63, 3.8) is 0 Å².